The molecule has 18 heavy (non-hydrogen) atoms. The lowest BCUT2D eigenvalue weighted by molar-refractivity contribution is 0.554. The largest absolute Gasteiger partial charge is 0.309 e. The molecule has 1 aromatic heterocycles. The Bertz CT molecular complexity index is 558. The van der Waals surface area contributed by atoms with Gasteiger partial charge in [0, 0.05) is 11.8 Å². The Morgan fingerprint density at radius 1 is 1.06 bits per heavy atom. The topological polar surface area (TPSA) is 24.9 Å². The van der Waals surface area contributed by atoms with Crippen LogP contribution in [0.3, 0.4) is 0 Å². The summed E-state index contributed by atoms with van der Waals surface area (Å²) in [5.41, 5.74) is 0.548. The minimum atomic E-state index is -0.649. The van der Waals surface area contributed by atoms with Gasteiger partial charge in [-0.1, -0.05) is 0 Å². The number of rotatable bonds is 3. The fraction of sp³-hybridized carbons (Fsp3) is 0.154. The zero-order valence-electron chi connectivity index (χ0n) is 9.62. The van der Waals surface area contributed by atoms with Crippen LogP contribution in [0.1, 0.15) is 17.2 Å². The molecule has 0 saturated carbocycles. The van der Waals surface area contributed by atoms with Crippen molar-refractivity contribution in [1.29, 1.82) is 0 Å². The molecule has 0 aliphatic rings. The Labute approximate surface area is 102 Å². The molecule has 2 nitrogen and oxygen atoms in total. The molecule has 0 bridgehead atoms. The Morgan fingerprint density at radius 2 is 1.83 bits per heavy atom. The normalized spacial score (nSPS) is 12.4. The van der Waals surface area contributed by atoms with Crippen molar-refractivity contribution in [3.63, 3.8) is 0 Å². The van der Waals surface area contributed by atoms with Crippen molar-refractivity contribution in [2.75, 3.05) is 7.05 Å². The maximum atomic E-state index is 13.7. The summed E-state index contributed by atoms with van der Waals surface area (Å²) in [6.45, 7) is 0. The molecular formula is C13H11F3N2. The highest BCUT2D eigenvalue weighted by molar-refractivity contribution is 5.31. The monoisotopic (exact) mass is 252 g/mol. The minimum absolute atomic E-state index is 0.116. The van der Waals surface area contributed by atoms with Gasteiger partial charge in [0.25, 0.3) is 0 Å². The molecule has 0 aliphatic carbocycles. The van der Waals surface area contributed by atoms with Gasteiger partial charge in [0.2, 0.25) is 0 Å². The number of hydrogen-bond acceptors (Lipinski definition) is 2. The molecule has 0 fully saturated rings. The van der Waals surface area contributed by atoms with E-state index in [0.717, 1.165) is 24.4 Å². The van der Waals surface area contributed by atoms with Crippen LogP contribution in [-0.2, 0) is 0 Å². The van der Waals surface area contributed by atoms with Crippen LogP contribution in [0, 0.1) is 17.5 Å². The third kappa shape index (κ3) is 2.51. The standard InChI is InChI=1S/C13H11F3N2/c1-17-13(8-4-10(15)7-18-6-8)11-5-9(14)2-3-12(11)16/h2-7,13,17H,1H3. The van der Waals surface area contributed by atoms with Crippen molar-refractivity contribution in [3.05, 3.63) is 65.2 Å². The third-order valence-electron chi connectivity index (χ3n) is 2.62. The zero-order valence-corrected chi connectivity index (χ0v) is 9.62. The minimum Gasteiger partial charge on any atom is -0.309 e. The van der Waals surface area contributed by atoms with E-state index in [1.54, 1.807) is 7.05 Å². The molecule has 1 unspecified atom stereocenters. The van der Waals surface area contributed by atoms with Gasteiger partial charge in [-0.25, -0.2) is 13.2 Å². The van der Waals surface area contributed by atoms with Gasteiger partial charge in [-0.15, -0.1) is 0 Å². The third-order valence-corrected chi connectivity index (χ3v) is 2.62. The molecule has 0 amide bonds. The lowest BCUT2D eigenvalue weighted by Gasteiger charge is -2.17. The lowest BCUT2D eigenvalue weighted by atomic mass is 9.99. The van der Waals surface area contributed by atoms with E-state index < -0.39 is 23.5 Å². The van der Waals surface area contributed by atoms with E-state index in [1.165, 1.54) is 12.3 Å². The van der Waals surface area contributed by atoms with E-state index in [1.807, 2.05) is 0 Å². The van der Waals surface area contributed by atoms with Gasteiger partial charge in [0.1, 0.15) is 17.5 Å². The molecule has 1 heterocycles. The molecule has 0 radical (unpaired) electrons. The molecule has 0 spiro atoms. The van der Waals surface area contributed by atoms with Gasteiger partial charge in [0.15, 0.2) is 0 Å². The highest BCUT2D eigenvalue weighted by atomic mass is 19.1. The van der Waals surface area contributed by atoms with Crippen LogP contribution >= 0.6 is 0 Å². The molecule has 0 aliphatic heterocycles. The second-order valence-electron chi connectivity index (χ2n) is 3.82. The summed E-state index contributed by atoms with van der Waals surface area (Å²) in [4.78, 5) is 3.70. The van der Waals surface area contributed by atoms with Crippen molar-refractivity contribution in [3.8, 4) is 0 Å². The molecular weight excluding hydrogens is 241 g/mol. The van der Waals surface area contributed by atoms with Crippen LogP contribution in [-0.4, -0.2) is 12.0 Å². The summed E-state index contributed by atoms with van der Waals surface area (Å²) in [6, 6.07) is 3.75. The molecule has 1 atom stereocenters. The first-order chi connectivity index (χ1) is 8.61. The average Bonchev–Trinajstić information content (AvgIpc) is 2.35. The van der Waals surface area contributed by atoms with Gasteiger partial charge in [-0.3, -0.25) is 4.98 Å². The Hall–Kier alpha value is -1.88. The van der Waals surface area contributed by atoms with Gasteiger partial charge in [-0.05, 0) is 36.9 Å². The summed E-state index contributed by atoms with van der Waals surface area (Å²) in [7, 11) is 1.58. The lowest BCUT2D eigenvalue weighted by Crippen LogP contribution is -2.19. The molecule has 2 aromatic rings. The first-order valence-electron chi connectivity index (χ1n) is 5.34. The second kappa shape index (κ2) is 5.18. The van der Waals surface area contributed by atoms with Crippen LogP contribution < -0.4 is 5.32 Å². The van der Waals surface area contributed by atoms with Gasteiger partial charge >= 0.3 is 0 Å². The molecule has 1 N–H and O–H groups in total. The van der Waals surface area contributed by atoms with Crippen molar-refractivity contribution < 1.29 is 13.2 Å². The number of nitrogens with zero attached hydrogens (tertiary/aromatic N) is 1. The van der Waals surface area contributed by atoms with Crippen LogP contribution in [0.2, 0.25) is 0 Å². The number of nitrogens with one attached hydrogen (secondary N) is 1. The quantitative estimate of drug-likeness (QED) is 0.908. The Balaban J connectivity index is 2.48. The van der Waals surface area contributed by atoms with Crippen LogP contribution in [0.4, 0.5) is 13.2 Å². The maximum absolute atomic E-state index is 13.7. The van der Waals surface area contributed by atoms with Crippen molar-refractivity contribution in [2.45, 2.75) is 6.04 Å². The predicted molar refractivity (Wildman–Crippen MR) is 61.5 cm³/mol. The number of halogens is 3. The van der Waals surface area contributed by atoms with Crippen molar-refractivity contribution in [2.24, 2.45) is 0 Å². The second-order valence-corrected chi connectivity index (χ2v) is 3.82. The molecule has 94 valence electrons. The van der Waals surface area contributed by atoms with E-state index in [-0.39, 0.29) is 5.56 Å². The molecule has 1 aromatic carbocycles. The first-order valence-corrected chi connectivity index (χ1v) is 5.34. The smallest absolute Gasteiger partial charge is 0.141 e. The van der Waals surface area contributed by atoms with E-state index >= 15 is 0 Å². The van der Waals surface area contributed by atoms with Gasteiger partial charge in [0.05, 0.1) is 12.2 Å². The average molecular weight is 252 g/mol. The Morgan fingerprint density at radius 3 is 2.50 bits per heavy atom. The number of hydrogen-bond donors (Lipinski definition) is 1. The number of pyridine rings is 1. The highest BCUT2D eigenvalue weighted by Gasteiger charge is 2.17. The summed E-state index contributed by atoms with van der Waals surface area (Å²) in [5.74, 6) is -1.62. The first kappa shape index (κ1) is 12.6. The molecule has 5 heteroatoms. The van der Waals surface area contributed by atoms with E-state index in [0.29, 0.717) is 5.56 Å². The molecule has 0 saturated heterocycles. The summed E-state index contributed by atoms with van der Waals surface area (Å²) >= 11 is 0. The van der Waals surface area contributed by atoms with E-state index in [4.69, 9.17) is 0 Å². The van der Waals surface area contributed by atoms with Gasteiger partial charge < -0.3 is 5.32 Å². The van der Waals surface area contributed by atoms with E-state index in [9.17, 15) is 13.2 Å². The summed E-state index contributed by atoms with van der Waals surface area (Å²) in [5, 5.41) is 2.82. The van der Waals surface area contributed by atoms with Crippen LogP contribution in [0.25, 0.3) is 0 Å². The fourth-order valence-corrected chi connectivity index (χ4v) is 1.82. The van der Waals surface area contributed by atoms with Crippen LogP contribution in [0.5, 0.6) is 0 Å². The maximum Gasteiger partial charge on any atom is 0.141 e. The fourth-order valence-electron chi connectivity index (χ4n) is 1.82. The van der Waals surface area contributed by atoms with E-state index in [2.05, 4.69) is 10.3 Å². The summed E-state index contributed by atoms with van der Waals surface area (Å²) in [6.07, 6.45) is 2.47. The number of benzene rings is 1. The predicted octanol–water partition coefficient (Wildman–Crippen LogP) is 2.81. The van der Waals surface area contributed by atoms with Gasteiger partial charge in [-0.2, -0.15) is 0 Å². The highest BCUT2D eigenvalue weighted by Crippen LogP contribution is 2.24. The van der Waals surface area contributed by atoms with Crippen molar-refractivity contribution in [1.82, 2.24) is 10.3 Å². The van der Waals surface area contributed by atoms with Crippen LogP contribution in [0.15, 0.2) is 36.7 Å². The van der Waals surface area contributed by atoms with Crippen molar-refractivity contribution >= 4 is 0 Å². The number of aromatic nitrogens is 1. The zero-order chi connectivity index (χ0) is 13.1. The summed E-state index contributed by atoms with van der Waals surface area (Å²) < 4.78 is 39.9. The SMILES string of the molecule is CNC(c1cncc(F)c1)c1cc(F)ccc1F. The Kier molecular flexibility index (Phi) is 3.62. The molecule has 2 rings (SSSR count).